The fourth-order valence-corrected chi connectivity index (χ4v) is 5.41. The Balaban J connectivity index is 1.71. The highest BCUT2D eigenvalue weighted by molar-refractivity contribution is 6.31. The van der Waals surface area contributed by atoms with Gasteiger partial charge in [-0.15, -0.1) is 0 Å². The Morgan fingerprint density at radius 1 is 1.11 bits per heavy atom. The fraction of sp³-hybridized carbons (Fsp3) is 0.552. The monoisotopic (exact) mass is 544 g/mol. The highest BCUT2D eigenvalue weighted by atomic mass is 35.5. The number of aryl methyl sites for hydroxylation is 2. The van der Waals surface area contributed by atoms with Crippen LogP contribution in [-0.2, 0) is 11.3 Å². The smallest absolute Gasteiger partial charge is 0.407 e. The van der Waals surface area contributed by atoms with Crippen LogP contribution in [0.3, 0.4) is 0 Å². The summed E-state index contributed by atoms with van der Waals surface area (Å²) in [6.07, 6.45) is 3.11. The molecule has 3 N–H and O–H groups in total. The van der Waals surface area contributed by atoms with Crippen molar-refractivity contribution in [1.29, 1.82) is 0 Å². The highest BCUT2D eigenvalue weighted by Gasteiger charge is 2.29. The zero-order valence-corrected chi connectivity index (χ0v) is 24.3. The first-order chi connectivity index (χ1) is 17.8. The lowest BCUT2D eigenvalue weighted by molar-refractivity contribution is 0.0491. The molecule has 208 valence electrons. The number of pyridine rings is 1. The molecule has 2 aromatic rings. The second kappa shape index (κ2) is 12.2. The average molecular weight is 545 g/mol. The van der Waals surface area contributed by atoms with E-state index in [-0.39, 0.29) is 36.2 Å². The molecule has 1 aliphatic rings. The molecule has 0 spiro atoms. The number of aromatic amines is 1. The lowest BCUT2D eigenvalue weighted by Crippen LogP contribution is -2.45. The molecule has 0 bridgehead atoms. The number of hydrogen-bond acceptors (Lipinski definition) is 5. The lowest BCUT2D eigenvalue weighted by Gasteiger charge is -2.39. The summed E-state index contributed by atoms with van der Waals surface area (Å²) in [5.74, 6) is -0.271. The van der Waals surface area contributed by atoms with Crippen molar-refractivity contribution in [2.24, 2.45) is 0 Å². The van der Waals surface area contributed by atoms with Crippen molar-refractivity contribution in [3.63, 3.8) is 0 Å². The summed E-state index contributed by atoms with van der Waals surface area (Å²) in [6.45, 7) is 14.2. The van der Waals surface area contributed by atoms with Crippen LogP contribution < -0.4 is 21.1 Å². The minimum Gasteiger partial charge on any atom is -0.444 e. The van der Waals surface area contributed by atoms with Crippen LogP contribution in [0.4, 0.5) is 10.5 Å². The van der Waals surface area contributed by atoms with Gasteiger partial charge < -0.3 is 25.3 Å². The van der Waals surface area contributed by atoms with Crippen molar-refractivity contribution >= 4 is 29.3 Å². The Hall–Kier alpha value is -3.00. The van der Waals surface area contributed by atoms with Gasteiger partial charge in [0.25, 0.3) is 11.5 Å². The number of ether oxygens (including phenoxy) is 1. The van der Waals surface area contributed by atoms with E-state index in [1.165, 1.54) is 0 Å². The topological polar surface area (TPSA) is 104 Å². The van der Waals surface area contributed by atoms with E-state index in [0.717, 1.165) is 54.7 Å². The van der Waals surface area contributed by atoms with Gasteiger partial charge in [0.15, 0.2) is 0 Å². The summed E-state index contributed by atoms with van der Waals surface area (Å²) < 4.78 is 5.40. The third-order valence-corrected chi connectivity index (χ3v) is 7.24. The number of halogens is 1. The van der Waals surface area contributed by atoms with Crippen molar-refractivity contribution in [3.05, 3.63) is 61.5 Å². The summed E-state index contributed by atoms with van der Waals surface area (Å²) in [4.78, 5) is 42.9. The Morgan fingerprint density at radius 3 is 2.34 bits per heavy atom. The number of aromatic nitrogens is 1. The van der Waals surface area contributed by atoms with Crippen LogP contribution >= 0.6 is 11.6 Å². The number of rotatable bonds is 7. The van der Waals surface area contributed by atoms with Crippen molar-refractivity contribution < 1.29 is 14.3 Å². The largest absolute Gasteiger partial charge is 0.444 e. The first-order valence-corrected chi connectivity index (χ1v) is 13.7. The predicted octanol–water partition coefficient (Wildman–Crippen LogP) is 5.55. The maximum atomic E-state index is 13.2. The normalized spacial score (nSPS) is 17.6. The standard InChI is InChI=1S/C29H41ClN4O4/c1-8-34(22-11-9-21(10-12-22)33-28(37)38-29(5,6)7)25-15-20(30)14-23(19(25)4)26(35)31-16-24-17(2)13-18(3)32-27(24)36/h13-15,21-22H,8-12,16H2,1-7H3,(H,31,35)(H,32,36)(H,33,37)/t21-,22+. The summed E-state index contributed by atoms with van der Waals surface area (Å²) in [5, 5.41) is 6.38. The first kappa shape index (κ1) is 29.6. The number of alkyl carbamates (subject to hydrolysis) is 1. The van der Waals surface area contributed by atoms with E-state index in [4.69, 9.17) is 16.3 Å². The minimum atomic E-state index is -0.525. The van der Waals surface area contributed by atoms with Gasteiger partial charge in [0.1, 0.15) is 5.60 Å². The van der Waals surface area contributed by atoms with Crippen molar-refractivity contribution in [1.82, 2.24) is 15.6 Å². The Morgan fingerprint density at radius 2 is 1.76 bits per heavy atom. The number of benzene rings is 1. The van der Waals surface area contributed by atoms with E-state index < -0.39 is 5.60 Å². The molecule has 1 aromatic heterocycles. The molecule has 38 heavy (non-hydrogen) atoms. The van der Waals surface area contributed by atoms with E-state index >= 15 is 0 Å². The van der Waals surface area contributed by atoms with Crippen LogP contribution in [-0.4, -0.2) is 41.2 Å². The summed E-state index contributed by atoms with van der Waals surface area (Å²) >= 11 is 6.50. The molecule has 0 atom stereocenters. The number of anilines is 1. The van der Waals surface area contributed by atoms with Crippen LogP contribution in [0.25, 0.3) is 0 Å². The highest BCUT2D eigenvalue weighted by Crippen LogP contribution is 2.33. The number of H-pyrrole nitrogens is 1. The van der Waals surface area contributed by atoms with Crippen molar-refractivity contribution in [3.8, 4) is 0 Å². The van der Waals surface area contributed by atoms with Gasteiger partial charge in [-0.05, 0) is 103 Å². The van der Waals surface area contributed by atoms with Crippen LogP contribution in [0.2, 0.25) is 5.02 Å². The lowest BCUT2D eigenvalue weighted by atomic mass is 9.89. The van der Waals surface area contributed by atoms with Gasteiger partial charge in [0, 0.05) is 52.7 Å². The molecule has 1 aromatic carbocycles. The number of nitrogens with one attached hydrogen (secondary N) is 3. The molecule has 1 aliphatic carbocycles. The van der Waals surface area contributed by atoms with Gasteiger partial charge in [-0.1, -0.05) is 11.6 Å². The third kappa shape index (κ3) is 7.53. The number of hydrogen-bond donors (Lipinski definition) is 3. The second-order valence-electron chi connectivity index (χ2n) is 11.2. The van der Waals surface area contributed by atoms with Gasteiger partial charge >= 0.3 is 6.09 Å². The molecule has 9 heteroatoms. The molecule has 1 saturated carbocycles. The van der Waals surface area contributed by atoms with Crippen molar-refractivity contribution in [2.75, 3.05) is 11.4 Å². The van der Waals surface area contributed by atoms with E-state index in [2.05, 4.69) is 27.4 Å². The molecule has 1 heterocycles. The molecule has 0 radical (unpaired) electrons. The van der Waals surface area contributed by atoms with E-state index in [1.54, 1.807) is 6.07 Å². The number of amides is 2. The molecule has 1 fully saturated rings. The molecule has 0 unspecified atom stereocenters. The van der Waals surface area contributed by atoms with E-state index in [1.807, 2.05) is 53.7 Å². The molecule has 2 amide bonds. The van der Waals surface area contributed by atoms with Crippen LogP contribution in [0, 0.1) is 20.8 Å². The zero-order chi connectivity index (χ0) is 28.2. The van der Waals surface area contributed by atoms with Gasteiger partial charge in [0.05, 0.1) is 0 Å². The maximum Gasteiger partial charge on any atom is 0.407 e. The van der Waals surface area contributed by atoms with Gasteiger partial charge in [0.2, 0.25) is 0 Å². The Bertz CT molecular complexity index is 1230. The maximum absolute atomic E-state index is 13.2. The molecule has 0 saturated heterocycles. The van der Waals surface area contributed by atoms with Crippen LogP contribution in [0.1, 0.15) is 86.1 Å². The third-order valence-electron chi connectivity index (χ3n) is 7.02. The Kier molecular flexibility index (Phi) is 9.52. The van der Waals surface area contributed by atoms with Crippen molar-refractivity contribution in [2.45, 2.75) is 98.4 Å². The predicted molar refractivity (Wildman–Crippen MR) is 152 cm³/mol. The first-order valence-electron chi connectivity index (χ1n) is 13.3. The molecule has 3 rings (SSSR count). The second-order valence-corrected chi connectivity index (χ2v) is 11.6. The van der Waals surface area contributed by atoms with Crippen LogP contribution in [0.5, 0.6) is 0 Å². The average Bonchev–Trinajstić information content (AvgIpc) is 2.80. The summed E-state index contributed by atoms with van der Waals surface area (Å²) in [6, 6.07) is 5.82. The Labute approximate surface area is 230 Å². The zero-order valence-electron chi connectivity index (χ0n) is 23.6. The minimum absolute atomic E-state index is 0.0787. The fourth-order valence-electron chi connectivity index (χ4n) is 5.20. The molecule has 8 nitrogen and oxygen atoms in total. The van der Waals surface area contributed by atoms with Crippen LogP contribution in [0.15, 0.2) is 23.0 Å². The number of carbonyl (C=O) groups is 2. The number of nitrogens with zero attached hydrogens (tertiary/aromatic N) is 1. The number of carbonyl (C=O) groups excluding carboxylic acids is 2. The molecule has 0 aliphatic heterocycles. The quantitative estimate of drug-likeness (QED) is 0.424. The molecular weight excluding hydrogens is 504 g/mol. The summed E-state index contributed by atoms with van der Waals surface area (Å²) in [7, 11) is 0. The van der Waals surface area contributed by atoms with Gasteiger partial charge in [-0.3, -0.25) is 9.59 Å². The SMILES string of the molecule is CCN(c1cc(Cl)cc(C(=O)NCc2c(C)cc(C)[nH]c2=O)c1C)[C@H]1CC[C@@H](NC(=O)OC(C)(C)C)CC1. The van der Waals surface area contributed by atoms with E-state index in [0.29, 0.717) is 16.1 Å². The van der Waals surface area contributed by atoms with E-state index in [9.17, 15) is 14.4 Å². The van der Waals surface area contributed by atoms with Gasteiger partial charge in [-0.25, -0.2) is 4.79 Å². The molecular formula is C29H41ClN4O4. The summed E-state index contributed by atoms with van der Waals surface area (Å²) in [5.41, 5.74) is 3.71. The van der Waals surface area contributed by atoms with Gasteiger partial charge in [-0.2, -0.15) is 0 Å².